The van der Waals surface area contributed by atoms with Gasteiger partial charge >= 0.3 is 0 Å². The van der Waals surface area contributed by atoms with E-state index in [4.69, 9.17) is 0 Å². The van der Waals surface area contributed by atoms with Gasteiger partial charge in [-0.15, -0.1) is 0 Å². The van der Waals surface area contributed by atoms with Crippen LogP contribution in [-0.4, -0.2) is 12.3 Å². The topological polar surface area (TPSA) is 29.1 Å². The molecule has 0 radical (unpaired) electrons. The molecule has 0 aromatic heterocycles. The Labute approximate surface area is 114 Å². The first kappa shape index (κ1) is 11.5. The summed E-state index contributed by atoms with van der Waals surface area (Å²) in [6, 6.07) is 8.44. The predicted octanol–water partition coefficient (Wildman–Crippen LogP) is 3.59. The van der Waals surface area contributed by atoms with Gasteiger partial charge in [-0.05, 0) is 42.7 Å². The number of carbonyl (C=O) groups excluding carboxylic acids is 1. The summed E-state index contributed by atoms with van der Waals surface area (Å²) < 4.78 is 0. The largest absolute Gasteiger partial charge is 0.384 e. The van der Waals surface area contributed by atoms with Crippen molar-refractivity contribution < 1.29 is 4.79 Å². The molecule has 4 atom stereocenters. The van der Waals surface area contributed by atoms with E-state index in [-0.39, 0.29) is 0 Å². The number of para-hydroxylation sites is 1. The predicted molar refractivity (Wildman–Crippen MR) is 76.2 cm³/mol. The van der Waals surface area contributed by atoms with Gasteiger partial charge in [-0.1, -0.05) is 24.6 Å². The lowest BCUT2D eigenvalue weighted by Gasteiger charge is -2.21. The molecule has 19 heavy (non-hydrogen) atoms. The fourth-order valence-electron chi connectivity index (χ4n) is 4.57. The van der Waals surface area contributed by atoms with Gasteiger partial charge in [0.25, 0.3) is 0 Å². The number of carbonyl (C=O) groups is 1. The van der Waals surface area contributed by atoms with Crippen molar-refractivity contribution in [3.8, 4) is 0 Å². The van der Waals surface area contributed by atoms with Crippen LogP contribution in [0.15, 0.2) is 24.3 Å². The number of hydrogen-bond acceptors (Lipinski definition) is 2. The Balaban J connectivity index is 1.47. The van der Waals surface area contributed by atoms with E-state index in [2.05, 4.69) is 29.6 Å². The Morgan fingerprint density at radius 1 is 1.21 bits per heavy atom. The third-order valence-electron chi connectivity index (χ3n) is 5.54. The van der Waals surface area contributed by atoms with Crippen molar-refractivity contribution in [2.45, 2.75) is 38.0 Å². The highest BCUT2D eigenvalue weighted by Crippen LogP contribution is 2.49. The Hall–Kier alpha value is -1.31. The van der Waals surface area contributed by atoms with Crippen LogP contribution in [0.4, 0.5) is 5.69 Å². The Bertz CT molecular complexity index is 510. The molecule has 2 nitrogen and oxygen atoms in total. The monoisotopic (exact) mass is 255 g/mol. The van der Waals surface area contributed by atoms with Crippen molar-refractivity contribution in [2.75, 3.05) is 11.9 Å². The first-order valence-electron chi connectivity index (χ1n) is 7.67. The molecule has 0 amide bonds. The van der Waals surface area contributed by atoms with Gasteiger partial charge in [0.2, 0.25) is 0 Å². The average molecular weight is 255 g/mol. The molecule has 2 bridgehead atoms. The normalized spacial score (nSPS) is 35.2. The molecule has 2 aliphatic carbocycles. The van der Waals surface area contributed by atoms with Crippen LogP contribution >= 0.6 is 0 Å². The van der Waals surface area contributed by atoms with Crippen LogP contribution in [-0.2, 0) is 4.79 Å². The van der Waals surface area contributed by atoms with Gasteiger partial charge < -0.3 is 5.32 Å². The average Bonchev–Trinajstić information content (AvgIpc) is 3.14. The van der Waals surface area contributed by atoms with Crippen LogP contribution in [0.25, 0.3) is 0 Å². The first-order valence-corrected chi connectivity index (χ1v) is 7.67. The highest BCUT2D eigenvalue weighted by atomic mass is 16.1. The second-order valence-electron chi connectivity index (χ2n) is 6.62. The van der Waals surface area contributed by atoms with Gasteiger partial charge in [0.15, 0.2) is 0 Å². The van der Waals surface area contributed by atoms with Crippen LogP contribution in [0.2, 0.25) is 0 Å². The van der Waals surface area contributed by atoms with Gasteiger partial charge in [0, 0.05) is 30.5 Å². The molecule has 2 fully saturated rings. The maximum atomic E-state index is 12.6. The second-order valence-corrected chi connectivity index (χ2v) is 6.62. The van der Waals surface area contributed by atoms with E-state index in [1.54, 1.807) is 0 Å². The van der Waals surface area contributed by atoms with Crippen molar-refractivity contribution >= 4 is 11.5 Å². The number of ketones is 1. The molecule has 4 rings (SSSR count). The van der Waals surface area contributed by atoms with Crippen LogP contribution < -0.4 is 5.32 Å². The summed E-state index contributed by atoms with van der Waals surface area (Å²) >= 11 is 0. The van der Waals surface area contributed by atoms with E-state index in [1.165, 1.54) is 36.9 Å². The SMILES string of the molecule is O=C(CC1CNc2ccccc21)C1CC2CCC1C2. The fraction of sp³-hybridized carbons (Fsp3) is 0.588. The van der Waals surface area contributed by atoms with Gasteiger partial charge in [-0.25, -0.2) is 0 Å². The zero-order valence-electron chi connectivity index (χ0n) is 11.3. The molecule has 3 aliphatic rings. The quantitative estimate of drug-likeness (QED) is 0.894. The smallest absolute Gasteiger partial charge is 0.136 e. The molecular formula is C17H21NO. The lowest BCUT2D eigenvalue weighted by atomic mass is 9.81. The number of benzene rings is 1. The van der Waals surface area contributed by atoms with Crippen LogP contribution in [0.5, 0.6) is 0 Å². The molecule has 4 unspecified atom stereocenters. The molecule has 1 aromatic rings. The van der Waals surface area contributed by atoms with Crippen molar-refractivity contribution in [3.63, 3.8) is 0 Å². The summed E-state index contributed by atoms with van der Waals surface area (Å²) in [4.78, 5) is 12.6. The number of hydrogen-bond donors (Lipinski definition) is 1. The molecule has 100 valence electrons. The molecule has 1 heterocycles. The number of fused-ring (bicyclic) bond motifs is 3. The van der Waals surface area contributed by atoms with Crippen LogP contribution in [0, 0.1) is 17.8 Å². The highest BCUT2D eigenvalue weighted by molar-refractivity contribution is 5.83. The Morgan fingerprint density at radius 2 is 2.11 bits per heavy atom. The van der Waals surface area contributed by atoms with E-state index in [9.17, 15) is 4.79 Å². The number of anilines is 1. The van der Waals surface area contributed by atoms with Crippen molar-refractivity contribution in [2.24, 2.45) is 17.8 Å². The lowest BCUT2D eigenvalue weighted by molar-refractivity contribution is -0.124. The van der Waals surface area contributed by atoms with E-state index in [1.807, 2.05) is 0 Å². The van der Waals surface area contributed by atoms with Crippen LogP contribution in [0.3, 0.4) is 0 Å². The van der Waals surface area contributed by atoms with Crippen LogP contribution in [0.1, 0.15) is 43.6 Å². The third-order valence-corrected chi connectivity index (χ3v) is 5.54. The summed E-state index contributed by atoms with van der Waals surface area (Å²) in [5.41, 5.74) is 2.58. The zero-order valence-corrected chi connectivity index (χ0v) is 11.3. The summed E-state index contributed by atoms with van der Waals surface area (Å²) in [5, 5.41) is 3.43. The number of rotatable bonds is 3. The van der Waals surface area contributed by atoms with Gasteiger partial charge in [-0.2, -0.15) is 0 Å². The van der Waals surface area contributed by atoms with E-state index >= 15 is 0 Å². The molecule has 2 saturated carbocycles. The Morgan fingerprint density at radius 3 is 2.89 bits per heavy atom. The fourth-order valence-corrected chi connectivity index (χ4v) is 4.57. The first-order chi connectivity index (χ1) is 9.31. The molecule has 1 aliphatic heterocycles. The Kier molecular flexibility index (Phi) is 2.64. The maximum Gasteiger partial charge on any atom is 0.136 e. The minimum absolute atomic E-state index is 0.395. The molecule has 0 spiro atoms. The van der Waals surface area contributed by atoms with E-state index in [0.717, 1.165) is 24.8 Å². The minimum atomic E-state index is 0.395. The van der Waals surface area contributed by atoms with Gasteiger partial charge in [0.05, 0.1) is 0 Å². The molecule has 1 aromatic carbocycles. The molecule has 2 heteroatoms. The van der Waals surface area contributed by atoms with Crippen molar-refractivity contribution in [3.05, 3.63) is 29.8 Å². The maximum absolute atomic E-state index is 12.6. The summed E-state index contributed by atoms with van der Waals surface area (Å²) in [6.07, 6.45) is 5.95. The number of nitrogens with one attached hydrogen (secondary N) is 1. The van der Waals surface area contributed by atoms with E-state index in [0.29, 0.717) is 17.6 Å². The van der Waals surface area contributed by atoms with Gasteiger partial charge in [-0.3, -0.25) is 4.79 Å². The molecule has 0 saturated heterocycles. The zero-order chi connectivity index (χ0) is 12.8. The standard InChI is InChI=1S/C17H21NO/c19-17(15-8-11-5-6-12(15)7-11)9-13-10-18-16-4-2-1-3-14(13)16/h1-4,11-13,15,18H,5-10H2. The van der Waals surface area contributed by atoms with Gasteiger partial charge in [0.1, 0.15) is 5.78 Å². The lowest BCUT2D eigenvalue weighted by Crippen LogP contribution is -2.23. The molecule has 1 N–H and O–H groups in total. The number of Topliss-reactive ketones (excluding diaryl/α,β-unsaturated/α-hetero) is 1. The highest BCUT2D eigenvalue weighted by Gasteiger charge is 2.43. The van der Waals surface area contributed by atoms with E-state index < -0.39 is 0 Å². The second kappa shape index (κ2) is 4.36. The van der Waals surface area contributed by atoms with Crippen molar-refractivity contribution in [1.82, 2.24) is 0 Å². The molecular weight excluding hydrogens is 234 g/mol. The van der Waals surface area contributed by atoms with Crippen molar-refractivity contribution in [1.29, 1.82) is 0 Å². The summed E-state index contributed by atoms with van der Waals surface area (Å²) in [7, 11) is 0. The summed E-state index contributed by atoms with van der Waals surface area (Å²) in [6.45, 7) is 0.936. The minimum Gasteiger partial charge on any atom is -0.384 e. The summed E-state index contributed by atoms with van der Waals surface area (Å²) in [5.74, 6) is 2.93. The third kappa shape index (κ3) is 1.89.